The van der Waals surface area contributed by atoms with Crippen LogP contribution in [0.1, 0.15) is 22.3 Å². The van der Waals surface area contributed by atoms with Gasteiger partial charge in [-0.05, 0) is 80.4 Å². The molecule has 0 fully saturated rings. The number of fused-ring (bicyclic) bond motifs is 16. The van der Waals surface area contributed by atoms with Crippen molar-refractivity contribution in [2.75, 3.05) is 0 Å². The van der Waals surface area contributed by atoms with Gasteiger partial charge in [0.2, 0.25) is 0 Å². The van der Waals surface area contributed by atoms with Crippen LogP contribution in [0.25, 0.3) is 100 Å². The summed E-state index contributed by atoms with van der Waals surface area (Å²) in [5.74, 6) is 0.660. The molecule has 8 aromatic carbocycles. The average Bonchev–Trinajstić information content (AvgIpc) is 4.01. The maximum absolute atomic E-state index is 6.85. The lowest BCUT2D eigenvalue weighted by molar-refractivity contribution is 0.666. The van der Waals surface area contributed by atoms with Crippen LogP contribution in [0, 0.1) is 0 Å². The second-order valence-corrected chi connectivity index (χ2v) is 15.2. The van der Waals surface area contributed by atoms with E-state index in [0.717, 1.165) is 66.4 Å². The Morgan fingerprint density at radius 1 is 0.386 bits per heavy atom. The van der Waals surface area contributed by atoms with E-state index < -0.39 is 5.41 Å². The van der Waals surface area contributed by atoms with E-state index in [1.54, 1.807) is 0 Å². The zero-order valence-corrected chi connectivity index (χ0v) is 30.5. The van der Waals surface area contributed by atoms with Gasteiger partial charge < -0.3 is 8.83 Å². The molecule has 13 rings (SSSR count). The zero-order valence-electron chi connectivity index (χ0n) is 30.5. The second kappa shape index (κ2) is 11.2. The largest absolute Gasteiger partial charge is 0.456 e. The van der Waals surface area contributed by atoms with Crippen LogP contribution in [0.3, 0.4) is 0 Å². The van der Waals surface area contributed by atoms with Crippen LogP contribution in [-0.4, -0.2) is 9.97 Å². The van der Waals surface area contributed by atoms with Crippen LogP contribution >= 0.6 is 0 Å². The quantitative estimate of drug-likeness (QED) is 0.182. The molecule has 0 bridgehead atoms. The number of rotatable bonds is 3. The average molecular weight is 727 g/mol. The maximum atomic E-state index is 6.85. The molecule has 11 aromatic rings. The summed E-state index contributed by atoms with van der Waals surface area (Å²) in [6, 6.07) is 64.7. The topological polar surface area (TPSA) is 52.1 Å². The predicted molar refractivity (Wildman–Crippen MR) is 229 cm³/mol. The molecule has 3 heterocycles. The molecule has 0 N–H and O–H groups in total. The first-order valence-corrected chi connectivity index (χ1v) is 19.4. The fourth-order valence-electron chi connectivity index (χ4n) is 10.1. The number of furan rings is 2. The minimum absolute atomic E-state index is 0.518. The van der Waals surface area contributed by atoms with Gasteiger partial charge in [-0.2, -0.15) is 0 Å². The van der Waals surface area contributed by atoms with Gasteiger partial charge in [0.1, 0.15) is 28.0 Å². The van der Waals surface area contributed by atoms with Crippen LogP contribution in [0.5, 0.6) is 0 Å². The first-order chi connectivity index (χ1) is 28.3. The molecular formula is C53H30N2O2. The van der Waals surface area contributed by atoms with Crippen LogP contribution in [0.2, 0.25) is 0 Å². The molecule has 0 saturated carbocycles. The van der Waals surface area contributed by atoms with Gasteiger partial charge in [0, 0.05) is 32.8 Å². The first-order valence-electron chi connectivity index (χ1n) is 19.4. The summed E-state index contributed by atoms with van der Waals surface area (Å²) in [7, 11) is 0. The van der Waals surface area contributed by atoms with Crippen LogP contribution < -0.4 is 0 Å². The number of hydrogen-bond donors (Lipinski definition) is 0. The summed E-state index contributed by atoms with van der Waals surface area (Å²) < 4.78 is 13.5. The molecule has 0 aliphatic heterocycles. The molecule has 4 nitrogen and oxygen atoms in total. The number of aromatic nitrogens is 2. The zero-order chi connectivity index (χ0) is 37.2. The normalized spacial score (nSPS) is 13.4. The molecule has 2 aliphatic rings. The van der Waals surface area contributed by atoms with Gasteiger partial charge in [-0.3, -0.25) is 0 Å². The van der Waals surface area contributed by atoms with E-state index in [2.05, 4.69) is 146 Å². The fourth-order valence-corrected chi connectivity index (χ4v) is 10.1. The lowest BCUT2D eigenvalue weighted by Gasteiger charge is -2.30. The first kappa shape index (κ1) is 30.7. The Kier molecular flexibility index (Phi) is 6.07. The molecule has 0 radical (unpaired) electrons. The third-order valence-corrected chi connectivity index (χ3v) is 12.3. The van der Waals surface area contributed by atoms with Gasteiger partial charge in [0.25, 0.3) is 0 Å². The van der Waals surface area contributed by atoms with E-state index in [9.17, 15) is 0 Å². The molecule has 0 unspecified atom stereocenters. The van der Waals surface area contributed by atoms with Crippen molar-refractivity contribution in [2.45, 2.75) is 5.41 Å². The van der Waals surface area contributed by atoms with E-state index in [-0.39, 0.29) is 0 Å². The predicted octanol–water partition coefficient (Wildman–Crippen LogP) is 13.6. The van der Waals surface area contributed by atoms with Crippen LogP contribution in [0.4, 0.5) is 0 Å². The minimum Gasteiger partial charge on any atom is -0.456 e. The SMILES string of the molecule is c1ccc(-c2nc(-c3cccc(-c4c5c(cc6oc7ccccc7c46)C4(c6ccccc6-c6ccccc64)c4ccccc4-5)c3)c3oc4ccccc4c3n2)cc1. The van der Waals surface area contributed by atoms with Crippen LogP contribution in [0.15, 0.2) is 191 Å². The Morgan fingerprint density at radius 3 is 1.72 bits per heavy atom. The second-order valence-electron chi connectivity index (χ2n) is 15.2. The summed E-state index contributed by atoms with van der Waals surface area (Å²) in [5.41, 5.74) is 18.5. The Bertz CT molecular complexity index is 3440. The highest BCUT2D eigenvalue weighted by Gasteiger charge is 2.52. The summed E-state index contributed by atoms with van der Waals surface area (Å²) in [4.78, 5) is 10.4. The molecular weight excluding hydrogens is 697 g/mol. The molecule has 0 saturated heterocycles. The minimum atomic E-state index is -0.518. The Morgan fingerprint density at radius 2 is 0.965 bits per heavy atom. The standard InChI is InChI=1S/C53H30N2O2/c1-2-15-31(16-3-1)52-54-49(51-50(55-52)38-23-8-13-28-44(38)57-51)33-18-14-17-32(29-33)46-47-36-21-6-11-26-41(36)53(39-24-9-4-19-34(39)35-20-5-10-25-40(35)53)42(47)30-45-48(46)37-22-7-12-27-43(37)56-45/h1-30H. The van der Waals surface area contributed by atoms with Crippen molar-refractivity contribution in [1.29, 1.82) is 0 Å². The van der Waals surface area contributed by atoms with Crippen molar-refractivity contribution < 1.29 is 8.83 Å². The third kappa shape index (κ3) is 4.01. The number of hydrogen-bond acceptors (Lipinski definition) is 4. The Labute approximate surface area is 327 Å². The maximum Gasteiger partial charge on any atom is 0.180 e. The molecule has 264 valence electrons. The number of nitrogens with zero attached hydrogens (tertiary/aromatic N) is 2. The number of para-hydroxylation sites is 2. The van der Waals surface area contributed by atoms with E-state index >= 15 is 0 Å². The highest BCUT2D eigenvalue weighted by molar-refractivity contribution is 6.19. The van der Waals surface area contributed by atoms with E-state index in [0.29, 0.717) is 11.4 Å². The fraction of sp³-hybridized carbons (Fsp3) is 0.0189. The smallest absolute Gasteiger partial charge is 0.180 e. The van der Waals surface area contributed by atoms with Gasteiger partial charge in [0.15, 0.2) is 11.4 Å². The summed E-state index contributed by atoms with van der Waals surface area (Å²) in [6.45, 7) is 0. The molecule has 0 atom stereocenters. The lowest BCUT2D eigenvalue weighted by Crippen LogP contribution is -2.25. The Balaban J connectivity index is 1.15. The number of benzene rings is 8. The van der Waals surface area contributed by atoms with Gasteiger partial charge in [0.05, 0.1) is 5.41 Å². The monoisotopic (exact) mass is 726 g/mol. The van der Waals surface area contributed by atoms with Gasteiger partial charge in [-0.25, -0.2) is 9.97 Å². The van der Waals surface area contributed by atoms with Crippen molar-refractivity contribution in [2.24, 2.45) is 0 Å². The Hall–Kier alpha value is -7.56. The van der Waals surface area contributed by atoms with Gasteiger partial charge in [-0.1, -0.05) is 152 Å². The van der Waals surface area contributed by atoms with Crippen LogP contribution in [-0.2, 0) is 5.41 Å². The van der Waals surface area contributed by atoms with Crippen molar-refractivity contribution in [3.8, 4) is 56.0 Å². The van der Waals surface area contributed by atoms with Crippen molar-refractivity contribution in [3.63, 3.8) is 0 Å². The molecule has 3 aromatic heterocycles. The van der Waals surface area contributed by atoms with E-state index in [1.165, 1.54) is 44.5 Å². The summed E-state index contributed by atoms with van der Waals surface area (Å²) in [5, 5.41) is 3.17. The highest BCUT2D eigenvalue weighted by Crippen LogP contribution is 2.65. The van der Waals surface area contributed by atoms with E-state index in [4.69, 9.17) is 18.8 Å². The highest BCUT2D eigenvalue weighted by atomic mass is 16.3. The molecule has 2 aliphatic carbocycles. The van der Waals surface area contributed by atoms with Crippen molar-refractivity contribution >= 4 is 44.0 Å². The molecule has 57 heavy (non-hydrogen) atoms. The van der Waals surface area contributed by atoms with Gasteiger partial charge >= 0.3 is 0 Å². The lowest BCUT2D eigenvalue weighted by atomic mass is 9.70. The third-order valence-electron chi connectivity index (χ3n) is 12.3. The molecule has 4 heteroatoms. The summed E-state index contributed by atoms with van der Waals surface area (Å²) >= 11 is 0. The molecule has 0 amide bonds. The van der Waals surface area contributed by atoms with Crippen molar-refractivity contribution in [1.82, 2.24) is 9.97 Å². The molecule has 1 spiro atoms. The van der Waals surface area contributed by atoms with Crippen molar-refractivity contribution in [3.05, 3.63) is 204 Å². The van der Waals surface area contributed by atoms with E-state index in [1.807, 2.05) is 36.4 Å². The van der Waals surface area contributed by atoms with Gasteiger partial charge in [-0.15, -0.1) is 0 Å². The summed E-state index contributed by atoms with van der Waals surface area (Å²) in [6.07, 6.45) is 0.